The van der Waals surface area contributed by atoms with E-state index >= 15 is 0 Å². The largest absolute Gasteiger partial charge is 0.493 e. The minimum Gasteiger partial charge on any atom is -0.493 e. The number of nitrogens with zero attached hydrogens (tertiary/aromatic N) is 1. The number of methoxy groups -OCH3 is 1. The van der Waals surface area contributed by atoms with E-state index in [1.165, 1.54) is 0 Å². The van der Waals surface area contributed by atoms with Crippen molar-refractivity contribution in [2.24, 2.45) is 4.99 Å². The zero-order chi connectivity index (χ0) is 21.8. The highest BCUT2D eigenvalue weighted by atomic mass is 16.5. The van der Waals surface area contributed by atoms with Crippen molar-refractivity contribution in [3.05, 3.63) is 48.0 Å². The Morgan fingerprint density at radius 1 is 0.967 bits per heavy atom. The van der Waals surface area contributed by atoms with E-state index in [2.05, 4.69) is 20.9 Å². The molecular weight excluding hydrogens is 380 g/mol. The monoisotopic (exact) mass is 412 g/mol. The number of rotatable bonds is 10. The Bertz CT molecular complexity index is 835. The van der Waals surface area contributed by atoms with Gasteiger partial charge in [-0.15, -0.1) is 0 Å². The summed E-state index contributed by atoms with van der Waals surface area (Å²) in [5.74, 6) is 2.08. The minimum atomic E-state index is 0.0350. The normalized spacial score (nSPS) is 11.0. The van der Waals surface area contributed by atoms with E-state index in [4.69, 9.17) is 9.47 Å². The molecule has 2 aromatic carbocycles. The first-order valence-electron chi connectivity index (χ1n) is 10.3. The number of hydrogen-bond acceptors (Lipinski definition) is 4. The van der Waals surface area contributed by atoms with Gasteiger partial charge in [-0.05, 0) is 50.1 Å². The van der Waals surface area contributed by atoms with Crippen LogP contribution in [-0.2, 0) is 11.3 Å². The molecule has 0 atom stereocenters. The van der Waals surface area contributed by atoms with E-state index in [-0.39, 0.29) is 5.91 Å². The number of anilines is 2. The molecule has 0 aliphatic rings. The van der Waals surface area contributed by atoms with Crippen LogP contribution >= 0.6 is 0 Å². The summed E-state index contributed by atoms with van der Waals surface area (Å²) in [5, 5.41) is 9.43. The van der Waals surface area contributed by atoms with Gasteiger partial charge in [-0.1, -0.05) is 19.1 Å². The number of nitrogens with one attached hydrogen (secondary N) is 3. The van der Waals surface area contributed by atoms with E-state index in [1.54, 1.807) is 7.11 Å². The van der Waals surface area contributed by atoms with Crippen molar-refractivity contribution in [1.29, 1.82) is 0 Å². The molecule has 2 aromatic rings. The maximum absolute atomic E-state index is 11.7. The number of ether oxygens (including phenoxy) is 2. The molecule has 0 radical (unpaired) electrons. The SMILES string of the molecule is CCCC(=O)Nc1ccc(CN=C(NCC)Nc2ccc(OC)c(OCC)c2)cc1. The van der Waals surface area contributed by atoms with Crippen molar-refractivity contribution in [1.82, 2.24) is 5.32 Å². The van der Waals surface area contributed by atoms with Crippen molar-refractivity contribution in [3.8, 4) is 11.5 Å². The predicted molar refractivity (Wildman–Crippen MR) is 123 cm³/mol. The van der Waals surface area contributed by atoms with Gasteiger partial charge >= 0.3 is 0 Å². The molecule has 0 saturated carbocycles. The van der Waals surface area contributed by atoms with Crippen molar-refractivity contribution in [2.45, 2.75) is 40.2 Å². The molecule has 0 spiro atoms. The van der Waals surface area contributed by atoms with Gasteiger partial charge in [0, 0.05) is 30.4 Å². The zero-order valence-corrected chi connectivity index (χ0v) is 18.2. The van der Waals surface area contributed by atoms with Gasteiger partial charge in [0.1, 0.15) is 0 Å². The summed E-state index contributed by atoms with van der Waals surface area (Å²) < 4.78 is 11.0. The highest BCUT2D eigenvalue weighted by molar-refractivity contribution is 5.94. The number of carbonyl (C=O) groups is 1. The summed E-state index contributed by atoms with van der Waals surface area (Å²) in [6.07, 6.45) is 1.36. The third-order valence-corrected chi connectivity index (χ3v) is 4.20. The lowest BCUT2D eigenvalue weighted by Crippen LogP contribution is -2.30. The minimum absolute atomic E-state index is 0.0350. The molecule has 7 nitrogen and oxygen atoms in total. The van der Waals surface area contributed by atoms with E-state index in [0.29, 0.717) is 37.0 Å². The molecule has 0 bridgehead atoms. The van der Waals surface area contributed by atoms with Crippen LogP contribution in [-0.4, -0.2) is 32.1 Å². The fourth-order valence-electron chi connectivity index (χ4n) is 2.78. The molecule has 7 heteroatoms. The Labute approximate surface area is 178 Å². The second-order valence-electron chi connectivity index (χ2n) is 6.61. The molecular formula is C23H32N4O3. The van der Waals surface area contributed by atoms with E-state index in [0.717, 1.165) is 29.9 Å². The van der Waals surface area contributed by atoms with Crippen molar-refractivity contribution in [3.63, 3.8) is 0 Å². The highest BCUT2D eigenvalue weighted by Crippen LogP contribution is 2.30. The molecule has 0 fully saturated rings. The Morgan fingerprint density at radius 3 is 2.33 bits per heavy atom. The summed E-state index contributed by atoms with van der Waals surface area (Å²) in [5.41, 5.74) is 2.70. The Kier molecular flexibility index (Phi) is 9.51. The third-order valence-electron chi connectivity index (χ3n) is 4.20. The number of amides is 1. The zero-order valence-electron chi connectivity index (χ0n) is 18.2. The third kappa shape index (κ3) is 7.31. The molecule has 0 aliphatic carbocycles. The number of benzene rings is 2. The summed E-state index contributed by atoms with van der Waals surface area (Å²) in [7, 11) is 1.62. The number of carbonyl (C=O) groups excluding carboxylic acids is 1. The first-order valence-corrected chi connectivity index (χ1v) is 10.3. The van der Waals surface area contributed by atoms with Gasteiger partial charge < -0.3 is 25.4 Å². The van der Waals surface area contributed by atoms with Crippen LogP contribution in [0.3, 0.4) is 0 Å². The van der Waals surface area contributed by atoms with E-state index < -0.39 is 0 Å². The van der Waals surface area contributed by atoms with Crippen LogP contribution in [0.2, 0.25) is 0 Å². The van der Waals surface area contributed by atoms with E-state index in [9.17, 15) is 4.79 Å². The molecule has 30 heavy (non-hydrogen) atoms. The summed E-state index contributed by atoms with van der Waals surface area (Å²) in [4.78, 5) is 16.3. The first kappa shape index (κ1) is 23.1. The first-order chi connectivity index (χ1) is 14.6. The second-order valence-corrected chi connectivity index (χ2v) is 6.61. The van der Waals surface area contributed by atoms with Crippen molar-refractivity contribution < 1.29 is 14.3 Å². The molecule has 1 amide bonds. The lowest BCUT2D eigenvalue weighted by molar-refractivity contribution is -0.116. The van der Waals surface area contributed by atoms with Gasteiger partial charge in [0.15, 0.2) is 17.5 Å². The van der Waals surface area contributed by atoms with Crippen LogP contribution in [0.5, 0.6) is 11.5 Å². The Morgan fingerprint density at radius 2 is 1.70 bits per heavy atom. The van der Waals surface area contributed by atoms with Crippen LogP contribution < -0.4 is 25.4 Å². The highest BCUT2D eigenvalue weighted by Gasteiger charge is 2.07. The second kappa shape index (κ2) is 12.4. The van der Waals surface area contributed by atoms with Gasteiger partial charge in [0.05, 0.1) is 20.3 Å². The van der Waals surface area contributed by atoms with Gasteiger partial charge in [-0.25, -0.2) is 4.99 Å². The van der Waals surface area contributed by atoms with Crippen molar-refractivity contribution >= 4 is 23.2 Å². The van der Waals surface area contributed by atoms with Crippen molar-refractivity contribution in [2.75, 3.05) is 30.9 Å². The van der Waals surface area contributed by atoms with Crippen LogP contribution in [0, 0.1) is 0 Å². The smallest absolute Gasteiger partial charge is 0.224 e. The summed E-state index contributed by atoms with van der Waals surface area (Å²) in [6.45, 7) is 7.75. The Hall–Kier alpha value is -3.22. The standard InChI is InChI=1S/C23H32N4O3/c1-5-8-22(28)26-18-11-9-17(10-12-18)16-25-23(24-6-2)27-19-13-14-20(29-4)21(15-19)30-7-3/h9-15H,5-8,16H2,1-4H3,(H,26,28)(H2,24,25,27). The van der Waals surface area contributed by atoms with Gasteiger partial charge in [-0.3, -0.25) is 4.79 Å². The lowest BCUT2D eigenvalue weighted by atomic mass is 10.2. The quantitative estimate of drug-likeness (QED) is 0.398. The maximum Gasteiger partial charge on any atom is 0.224 e. The molecule has 0 saturated heterocycles. The lowest BCUT2D eigenvalue weighted by Gasteiger charge is -2.14. The predicted octanol–water partition coefficient (Wildman–Crippen LogP) is 4.41. The van der Waals surface area contributed by atoms with Crippen LogP contribution in [0.25, 0.3) is 0 Å². The average Bonchev–Trinajstić information content (AvgIpc) is 2.74. The van der Waals surface area contributed by atoms with Gasteiger partial charge in [0.25, 0.3) is 0 Å². The number of guanidine groups is 1. The molecule has 0 unspecified atom stereocenters. The molecule has 0 heterocycles. The molecule has 2 rings (SSSR count). The van der Waals surface area contributed by atoms with Gasteiger partial charge in [-0.2, -0.15) is 0 Å². The Balaban J connectivity index is 2.05. The molecule has 3 N–H and O–H groups in total. The van der Waals surface area contributed by atoms with Crippen LogP contribution in [0.15, 0.2) is 47.5 Å². The molecule has 162 valence electrons. The topological polar surface area (TPSA) is 84.0 Å². The average molecular weight is 413 g/mol. The fourth-order valence-corrected chi connectivity index (χ4v) is 2.78. The number of hydrogen-bond donors (Lipinski definition) is 3. The van der Waals surface area contributed by atoms with Gasteiger partial charge in [0.2, 0.25) is 5.91 Å². The summed E-state index contributed by atoms with van der Waals surface area (Å²) >= 11 is 0. The van der Waals surface area contributed by atoms with E-state index in [1.807, 2.05) is 63.2 Å². The number of aliphatic imine (C=N–C) groups is 1. The van der Waals surface area contributed by atoms with Crippen LogP contribution in [0.4, 0.5) is 11.4 Å². The van der Waals surface area contributed by atoms with Crippen LogP contribution in [0.1, 0.15) is 39.2 Å². The summed E-state index contributed by atoms with van der Waals surface area (Å²) in [6, 6.07) is 13.4. The molecule has 0 aromatic heterocycles. The molecule has 0 aliphatic heterocycles. The fraction of sp³-hybridized carbons (Fsp3) is 0.391. The maximum atomic E-state index is 11.7.